The second-order valence-electron chi connectivity index (χ2n) is 8.92. The fraction of sp³-hybridized carbons (Fsp3) is 0.565. The summed E-state index contributed by atoms with van der Waals surface area (Å²) in [6, 6.07) is 7.94. The van der Waals surface area contributed by atoms with Gasteiger partial charge in [0.1, 0.15) is 6.04 Å². The lowest BCUT2D eigenvalue weighted by molar-refractivity contribution is 0.0878. The Hall–Kier alpha value is -2.62. The summed E-state index contributed by atoms with van der Waals surface area (Å²) in [5.41, 5.74) is 2.71. The molecule has 0 radical (unpaired) electrons. The first-order chi connectivity index (χ1) is 15.6. The van der Waals surface area contributed by atoms with Crippen LogP contribution in [0.3, 0.4) is 0 Å². The summed E-state index contributed by atoms with van der Waals surface area (Å²) in [5.74, 6) is 0.710. The van der Waals surface area contributed by atoms with Gasteiger partial charge in [-0.2, -0.15) is 0 Å². The topological polar surface area (TPSA) is 92.2 Å². The maximum atomic E-state index is 13.3. The van der Waals surface area contributed by atoms with Gasteiger partial charge in [0.15, 0.2) is 5.82 Å². The van der Waals surface area contributed by atoms with Crippen LogP contribution in [0.25, 0.3) is 10.9 Å². The third-order valence-corrected chi connectivity index (χ3v) is 6.75. The fourth-order valence-corrected chi connectivity index (χ4v) is 4.79. The van der Waals surface area contributed by atoms with Crippen LogP contribution in [0.2, 0.25) is 0 Å². The van der Waals surface area contributed by atoms with Crippen LogP contribution in [0.1, 0.15) is 42.8 Å². The lowest BCUT2D eigenvalue weighted by Crippen LogP contribution is -2.47. The van der Waals surface area contributed by atoms with Gasteiger partial charge in [-0.3, -0.25) is 9.69 Å². The number of pyridine rings is 1. The first-order valence-electron chi connectivity index (χ1n) is 11.6. The number of fused-ring (bicyclic) bond motifs is 1. The molecule has 9 heteroatoms. The average molecular weight is 438 g/mol. The third kappa shape index (κ3) is 4.20. The van der Waals surface area contributed by atoms with Crippen LogP contribution in [0.15, 0.2) is 29.1 Å². The number of aromatic nitrogens is 5. The Morgan fingerprint density at radius 1 is 1.22 bits per heavy atom. The molecule has 9 nitrogen and oxygen atoms in total. The molecule has 1 N–H and O–H groups in total. The lowest BCUT2D eigenvalue weighted by Gasteiger charge is -2.37. The lowest BCUT2D eigenvalue weighted by atomic mass is 10.0. The second-order valence-corrected chi connectivity index (χ2v) is 8.92. The summed E-state index contributed by atoms with van der Waals surface area (Å²) in [7, 11) is 2.13. The number of aryl methyl sites for hydroxylation is 1. The van der Waals surface area contributed by atoms with Gasteiger partial charge in [-0.05, 0) is 65.9 Å². The van der Waals surface area contributed by atoms with E-state index in [0.29, 0.717) is 17.9 Å². The summed E-state index contributed by atoms with van der Waals surface area (Å²) >= 11 is 0. The molecule has 0 amide bonds. The minimum absolute atomic E-state index is 0.0858. The summed E-state index contributed by atoms with van der Waals surface area (Å²) in [5, 5.41) is 13.7. The molecule has 4 heterocycles. The van der Waals surface area contributed by atoms with Crippen LogP contribution in [-0.4, -0.2) is 80.9 Å². The van der Waals surface area contributed by atoms with Crippen molar-refractivity contribution in [3.05, 3.63) is 51.6 Å². The van der Waals surface area contributed by atoms with Gasteiger partial charge in [0.2, 0.25) is 0 Å². The van der Waals surface area contributed by atoms with E-state index in [1.807, 2.05) is 16.8 Å². The molecular formula is C23H31N7O2. The summed E-state index contributed by atoms with van der Waals surface area (Å²) in [6.45, 7) is 7.11. The van der Waals surface area contributed by atoms with E-state index in [1.165, 1.54) is 5.56 Å². The standard InChI is InChI=1S/C23H31N7O2/c1-3-16-6-7-20-17(13-16)14-19(23(31)24-20)21(29-10-8-28(2)9-11-29)22-25-26-27-30(22)15-18-5-4-12-32-18/h6-7,13-14,18,21H,3-5,8-12,15H2,1-2H3,(H,24,31)/t18-,21-/m0/s1. The number of tetrazole rings is 1. The normalized spacial score (nSPS) is 21.4. The minimum Gasteiger partial charge on any atom is -0.376 e. The number of hydrogen-bond donors (Lipinski definition) is 1. The van der Waals surface area contributed by atoms with E-state index >= 15 is 0 Å². The predicted octanol–water partition coefficient (Wildman–Crippen LogP) is 1.59. The van der Waals surface area contributed by atoms with Crippen molar-refractivity contribution in [2.45, 2.75) is 44.9 Å². The highest BCUT2D eigenvalue weighted by Crippen LogP contribution is 2.28. The molecule has 1 aromatic carbocycles. The molecule has 0 aliphatic carbocycles. The van der Waals surface area contributed by atoms with Gasteiger partial charge in [0, 0.05) is 43.9 Å². The zero-order valence-corrected chi connectivity index (χ0v) is 18.8. The molecule has 2 atom stereocenters. The van der Waals surface area contributed by atoms with Gasteiger partial charge in [-0.15, -0.1) is 5.10 Å². The van der Waals surface area contributed by atoms with Crippen molar-refractivity contribution in [1.82, 2.24) is 35.0 Å². The second kappa shape index (κ2) is 9.09. The Morgan fingerprint density at radius 2 is 2.06 bits per heavy atom. The highest BCUT2D eigenvalue weighted by Gasteiger charge is 2.33. The molecule has 3 aromatic rings. The molecule has 170 valence electrons. The number of likely N-dealkylation sites (N-methyl/N-ethyl adjacent to an activating group) is 1. The van der Waals surface area contributed by atoms with Crippen molar-refractivity contribution >= 4 is 10.9 Å². The predicted molar refractivity (Wildman–Crippen MR) is 122 cm³/mol. The van der Waals surface area contributed by atoms with Crippen LogP contribution in [-0.2, 0) is 17.7 Å². The van der Waals surface area contributed by atoms with E-state index < -0.39 is 0 Å². The summed E-state index contributed by atoms with van der Waals surface area (Å²) < 4.78 is 7.67. The Bertz CT molecular complexity index is 1130. The number of ether oxygens (including phenoxy) is 1. The number of piperazine rings is 1. The summed E-state index contributed by atoms with van der Waals surface area (Å²) in [4.78, 5) is 21.0. The monoisotopic (exact) mass is 437 g/mol. The van der Waals surface area contributed by atoms with Crippen LogP contribution in [0.4, 0.5) is 0 Å². The first kappa shape index (κ1) is 21.2. The van der Waals surface area contributed by atoms with Gasteiger partial charge < -0.3 is 14.6 Å². The number of aromatic amines is 1. The molecule has 0 saturated carbocycles. The molecule has 2 aromatic heterocycles. The van der Waals surface area contributed by atoms with Crippen molar-refractivity contribution < 1.29 is 4.74 Å². The number of hydrogen-bond acceptors (Lipinski definition) is 7. The van der Waals surface area contributed by atoms with Gasteiger partial charge >= 0.3 is 0 Å². The highest BCUT2D eigenvalue weighted by atomic mass is 16.5. The fourth-order valence-electron chi connectivity index (χ4n) is 4.79. The number of H-pyrrole nitrogens is 1. The van der Waals surface area contributed by atoms with E-state index in [1.54, 1.807) is 0 Å². The van der Waals surface area contributed by atoms with Gasteiger partial charge in [0.25, 0.3) is 5.56 Å². The van der Waals surface area contributed by atoms with Crippen LogP contribution < -0.4 is 5.56 Å². The van der Waals surface area contributed by atoms with Crippen molar-refractivity contribution in [3.63, 3.8) is 0 Å². The largest absolute Gasteiger partial charge is 0.376 e. The maximum absolute atomic E-state index is 13.3. The van der Waals surface area contributed by atoms with Gasteiger partial charge in [-0.1, -0.05) is 13.0 Å². The molecule has 0 bridgehead atoms. The Kier molecular flexibility index (Phi) is 6.03. The molecule has 2 aliphatic heterocycles. The van der Waals surface area contributed by atoms with Crippen LogP contribution in [0, 0.1) is 0 Å². The quantitative estimate of drug-likeness (QED) is 0.626. The number of rotatable bonds is 6. The number of nitrogens with zero attached hydrogens (tertiary/aromatic N) is 6. The first-order valence-corrected chi connectivity index (χ1v) is 11.6. The van der Waals surface area contributed by atoms with Crippen molar-refractivity contribution in [2.75, 3.05) is 39.8 Å². The number of benzene rings is 1. The Balaban J connectivity index is 1.59. The Morgan fingerprint density at radius 3 is 2.81 bits per heavy atom. The Labute approximate surface area is 187 Å². The van der Waals surface area contributed by atoms with E-state index in [4.69, 9.17) is 4.74 Å². The highest BCUT2D eigenvalue weighted by molar-refractivity contribution is 5.80. The zero-order chi connectivity index (χ0) is 22.1. The molecular weight excluding hydrogens is 406 g/mol. The SMILES string of the molecule is CCc1ccc2[nH]c(=O)c([C@@H](c3nnnn3C[C@@H]3CCCO3)N3CCN(C)CC3)cc2c1. The van der Waals surface area contributed by atoms with Gasteiger partial charge in [0.05, 0.1) is 12.6 Å². The van der Waals surface area contributed by atoms with Crippen molar-refractivity contribution in [3.8, 4) is 0 Å². The van der Waals surface area contributed by atoms with E-state index in [-0.39, 0.29) is 17.7 Å². The molecule has 2 aliphatic rings. The molecule has 2 fully saturated rings. The average Bonchev–Trinajstić information content (AvgIpc) is 3.48. The molecule has 32 heavy (non-hydrogen) atoms. The molecule has 0 unspecified atom stereocenters. The third-order valence-electron chi connectivity index (χ3n) is 6.75. The van der Waals surface area contributed by atoms with E-state index in [2.05, 4.69) is 56.4 Å². The van der Waals surface area contributed by atoms with Crippen LogP contribution in [0.5, 0.6) is 0 Å². The smallest absolute Gasteiger partial charge is 0.253 e. The van der Waals surface area contributed by atoms with Crippen LogP contribution >= 0.6 is 0 Å². The molecule has 5 rings (SSSR count). The maximum Gasteiger partial charge on any atom is 0.253 e. The molecule has 2 saturated heterocycles. The number of nitrogens with one attached hydrogen (secondary N) is 1. The van der Waals surface area contributed by atoms with Crippen molar-refractivity contribution in [1.29, 1.82) is 0 Å². The zero-order valence-electron chi connectivity index (χ0n) is 18.8. The van der Waals surface area contributed by atoms with E-state index in [9.17, 15) is 4.79 Å². The minimum atomic E-state index is -0.307. The molecule has 0 spiro atoms. The van der Waals surface area contributed by atoms with Crippen molar-refractivity contribution in [2.24, 2.45) is 0 Å². The summed E-state index contributed by atoms with van der Waals surface area (Å²) in [6.07, 6.45) is 3.14. The van der Waals surface area contributed by atoms with E-state index in [0.717, 1.165) is 63.0 Å². The van der Waals surface area contributed by atoms with Gasteiger partial charge in [-0.25, -0.2) is 4.68 Å².